The summed E-state index contributed by atoms with van der Waals surface area (Å²) in [6.07, 6.45) is 2.55. The van der Waals surface area contributed by atoms with E-state index in [-0.39, 0.29) is 5.92 Å². The van der Waals surface area contributed by atoms with E-state index in [0.717, 1.165) is 40.4 Å². The molecule has 2 rings (SSSR count). The van der Waals surface area contributed by atoms with Crippen molar-refractivity contribution in [2.75, 3.05) is 7.11 Å². The minimum Gasteiger partial charge on any atom is -0.496 e. The van der Waals surface area contributed by atoms with Crippen LogP contribution in [0.1, 0.15) is 36.2 Å². The van der Waals surface area contributed by atoms with Gasteiger partial charge in [-0.3, -0.25) is 0 Å². The quantitative estimate of drug-likeness (QED) is 0.920. The highest BCUT2D eigenvalue weighted by Gasteiger charge is 2.15. The number of rotatable bonds is 4. The topological polar surface area (TPSA) is 61.7 Å². The van der Waals surface area contributed by atoms with Gasteiger partial charge in [-0.2, -0.15) is 5.26 Å². The van der Waals surface area contributed by atoms with Crippen LogP contribution >= 0.6 is 0 Å². The van der Waals surface area contributed by atoms with Crippen molar-refractivity contribution in [1.29, 1.82) is 5.26 Å². The number of aromatic nitrogens is 2. The van der Waals surface area contributed by atoms with E-state index in [1.807, 2.05) is 26.0 Å². The van der Waals surface area contributed by atoms with Crippen molar-refractivity contribution in [1.82, 2.24) is 9.97 Å². The first-order chi connectivity index (χ1) is 9.62. The molecule has 0 bridgehead atoms. The molecule has 0 radical (unpaired) electrons. The van der Waals surface area contributed by atoms with E-state index >= 15 is 0 Å². The van der Waals surface area contributed by atoms with Crippen LogP contribution in [-0.4, -0.2) is 17.1 Å². The van der Waals surface area contributed by atoms with Crippen LogP contribution in [0.25, 0.3) is 11.3 Å². The van der Waals surface area contributed by atoms with Crippen LogP contribution in [0, 0.1) is 25.2 Å². The second kappa shape index (κ2) is 5.79. The molecule has 20 heavy (non-hydrogen) atoms. The summed E-state index contributed by atoms with van der Waals surface area (Å²) in [6, 6.07) is 6.24. The summed E-state index contributed by atoms with van der Waals surface area (Å²) in [7, 11) is 1.68. The van der Waals surface area contributed by atoms with Crippen molar-refractivity contribution >= 4 is 0 Å². The van der Waals surface area contributed by atoms with E-state index < -0.39 is 0 Å². The van der Waals surface area contributed by atoms with E-state index in [2.05, 4.69) is 23.0 Å². The van der Waals surface area contributed by atoms with Gasteiger partial charge in [0.15, 0.2) is 0 Å². The third kappa shape index (κ3) is 2.39. The summed E-state index contributed by atoms with van der Waals surface area (Å²) in [6.45, 7) is 6.09. The van der Waals surface area contributed by atoms with E-state index in [0.29, 0.717) is 0 Å². The molecule has 4 heteroatoms. The third-order valence-corrected chi connectivity index (χ3v) is 3.74. The molecule has 1 unspecified atom stereocenters. The Balaban J connectivity index is 2.43. The first-order valence-corrected chi connectivity index (χ1v) is 6.71. The van der Waals surface area contributed by atoms with Crippen molar-refractivity contribution in [3.05, 3.63) is 35.3 Å². The molecular formula is C16H19N3O. The van der Waals surface area contributed by atoms with Crippen molar-refractivity contribution in [2.24, 2.45) is 0 Å². The number of hydrogen-bond acceptors (Lipinski definition) is 3. The molecule has 1 atom stereocenters. The zero-order valence-corrected chi connectivity index (χ0v) is 12.3. The predicted molar refractivity (Wildman–Crippen MR) is 78.7 cm³/mol. The summed E-state index contributed by atoms with van der Waals surface area (Å²) >= 11 is 0. The third-order valence-electron chi connectivity index (χ3n) is 3.74. The Morgan fingerprint density at radius 1 is 1.35 bits per heavy atom. The van der Waals surface area contributed by atoms with Crippen molar-refractivity contribution in [3.63, 3.8) is 0 Å². The standard InChI is InChI=1S/C16H19N3O/c1-5-12(8-17)16-18-9-14(19-16)13-6-7-15(20-4)11(3)10(13)2/h6-7,9,12H,5H2,1-4H3,(H,18,19). The number of imidazole rings is 1. The summed E-state index contributed by atoms with van der Waals surface area (Å²) < 4.78 is 5.33. The highest BCUT2D eigenvalue weighted by molar-refractivity contribution is 5.66. The van der Waals surface area contributed by atoms with Gasteiger partial charge in [-0.05, 0) is 43.5 Å². The highest BCUT2D eigenvalue weighted by Crippen LogP contribution is 2.30. The molecule has 0 aliphatic heterocycles. The maximum Gasteiger partial charge on any atom is 0.123 e. The van der Waals surface area contributed by atoms with Gasteiger partial charge < -0.3 is 9.72 Å². The van der Waals surface area contributed by atoms with Gasteiger partial charge >= 0.3 is 0 Å². The van der Waals surface area contributed by atoms with E-state index in [1.165, 1.54) is 0 Å². The fraction of sp³-hybridized carbons (Fsp3) is 0.375. The van der Waals surface area contributed by atoms with E-state index in [1.54, 1.807) is 13.3 Å². The van der Waals surface area contributed by atoms with Crippen molar-refractivity contribution in [2.45, 2.75) is 33.1 Å². The number of nitrogens with one attached hydrogen (secondary N) is 1. The van der Waals surface area contributed by atoms with Gasteiger partial charge in [0.1, 0.15) is 17.5 Å². The molecule has 1 aromatic carbocycles. The maximum absolute atomic E-state index is 9.10. The fourth-order valence-corrected chi connectivity index (χ4v) is 2.31. The Morgan fingerprint density at radius 3 is 2.70 bits per heavy atom. The number of ether oxygens (including phenoxy) is 1. The molecule has 0 fully saturated rings. The molecule has 0 spiro atoms. The molecule has 1 N–H and O–H groups in total. The Labute approximate surface area is 119 Å². The Bertz CT molecular complexity index is 652. The molecule has 1 aromatic heterocycles. The summed E-state index contributed by atoms with van der Waals surface area (Å²) in [5.74, 6) is 1.44. The lowest BCUT2D eigenvalue weighted by molar-refractivity contribution is 0.411. The minimum absolute atomic E-state index is 0.177. The Morgan fingerprint density at radius 2 is 2.10 bits per heavy atom. The monoisotopic (exact) mass is 269 g/mol. The van der Waals surface area contributed by atoms with Crippen molar-refractivity contribution < 1.29 is 4.74 Å². The second-order valence-corrected chi connectivity index (χ2v) is 4.84. The van der Waals surface area contributed by atoms with Crippen LogP contribution in [0.2, 0.25) is 0 Å². The van der Waals surface area contributed by atoms with Crippen LogP contribution in [-0.2, 0) is 0 Å². The van der Waals surface area contributed by atoms with Gasteiger partial charge in [0.05, 0.1) is 25.1 Å². The SMILES string of the molecule is CCC(C#N)c1ncc(-c2ccc(OC)c(C)c2C)[nH]1. The Hall–Kier alpha value is -2.28. The maximum atomic E-state index is 9.10. The van der Waals surface area contributed by atoms with Crippen LogP contribution < -0.4 is 4.74 Å². The summed E-state index contributed by atoms with van der Waals surface area (Å²) in [4.78, 5) is 7.60. The largest absolute Gasteiger partial charge is 0.496 e. The molecule has 4 nitrogen and oxygen atoms in total. The van der Waals surface area contributed by atoms with Gasteiger partial charge in [-0.1, -0.05) is 6.92 Å². The second-order valence-electron chi connectivity index (χ2n) is 4.84. The number of benzene rings is 1. The molecular weight excluding hydrogens is 250 g/mol. The number of nitrogens with zero attached hydrogens (tertiary/aromatic N) is 2. The molecule has 0 amide bonds. The first kappa shape index (κ1) is 14.1. The number of H-pyrrole nitrogens is 1. The van der Waals surface area contributed by atoms with Crippen LogP contribution in [0.15, 0.2) is 18.3 Å². The average molecular weight is 269 g/mol. The normalized spacial score (nSPS) is 11.9. The lowest BCUT2D eigenvalue weighted by atomic mass is 10.0. The smallest absolute Gasteiger partial charge is 0.123 e. The minimum atomic E-state index is -0.177. The zero-order chi connectivity index (χ0) is 14.7. The van der Waals surface area contributed by atoms with Gasteiger partial charge in [-0.25, -0.2) is 4.98 Å². The predicted octanol–water partition coefficient (Wildman–Crippen LogP) is 3.72. The average Bonchev–Trinajstić information content (AvgIpc) is 2.92. The van der Waals surface area contributed by atoms with Crippen LogP contribution in [0.4, 0.5) is 0 Å². The van der Waals surface area contributed by atoms with Gasteiger partial charge in [0, 0.05) is 5.56 Å². The number of aromatic amines is 1. The number of methoxy groups -OCH3 is 1. The van der Waals surface area contributed by atoms with Crippen molar-refractivity contribution in [3.8, 4) is 23.1 Å². The zero-order valence-electron chi connectivity index (χ0n) is 12.3. The van der Waals surface area contributed by atoms with Gasteiger partial charge in [0.25, 0.3) is 0 Å². The Kier molecular flexibility index (Phi) is 4.09. The highest BCUT2D eigenvalue weighted by atomic mass is 16.5. The lowest BCUT2D eigenvalue weighted by Gasteiger charge is -2.11. The van der Waals surface area contributed by atoms with E-state index in [9.17, 15) is 0 Å². The fourth-order valence-electron chi connectivity index (χ4n) is 2.31. The van der Waals surface area contributed by atoms with E-state index in [4.69, 9.17) is 10.00 Å². The molecule has 2 aromatic rings. The van der Waals surface area contributed by atoms with Crippen LogP contribution in [0.5, 0.6) is 5.75 Å². The first-order valence-electron chi connectivity index (χ1n) is 6.71. The van der Waals surface area contributed by atoms with Crippen LogP contribution in [0.3, 0.4) is 0 Å². The molecule has 104 valence electrons. The number of nitriles is 1. The molecule has 0 saturated carbocycles. The summed E-state index contributed by atoms with van der Waals surface area (Å²) in [5.41, 5.74) is 4.31. The molecule has 1 heterocycles. The van der Waals surface area contributed by atoms with Gasteiger partial charge in [0.2, 0.25) is 0 Å². The lowest BCUT2D eigenvalue weighted by Crippen LogP contribution is -1.96. The number of hydrogen-bond donors (Lipinski definition) is 1. The molecule has 0 aliphatic carbocycles. The summed E-state index contributed by atoms with van der Waals surface area (Å²) in [5, 5.41) is 9.10. The van der Waals surface area contributed by atoms with Gasteiger partial charge in [-0.15, -0.1) is 0 Å². The molecule has 0 aliphatic rings. The molecule has 0 saturated heterocycles.